The van der Waals surface area contributed by atoms with E-state index in [9.17, 15) is 0 Å². The Labute approximate surface area is 129 Å². The van der Waals surface area contributed by atoms with Crippen LogP contribution >= 0.6 is 47.8 Å². The fourth-order valence-corrected chi connectivity index (χ4v) is 3.39. The first-order valence-corrected chi connectivity index (χ1v) is 8.49. The second-order valence-corrected chi connectivity index (χ2v) is 6.29. The maximum Gasteiger partial charge on any atom is 0.147 e. The molecule has 0 unspecified atom stereocenters. The highest BCUT2D eigenvalue weighted by Crippen LogP contribution is 2.35. The van der Waals surface area contributed by atoms with Gasteiger partial charge in [0, 0.05) is 5.33 Å². The molecule has 0 aliphatic carbocycles. The van der Waals surface area contributed by atoms with Gasteiger partial charge in [0.05, 0.1) is 15.6 Å². The van der Waals surface area contributed by atoms with Gasteiger partial charge in [-0.05, 0) is 55.5 Å². The first-order chi connectivity index (χ1) is 8.12. The lowest BCUT2D eigenvalue weighted by Crippen LogP contribution is -2.10. The lowest BCUT2D eigenvalue weighted by Gasteiger charge is -2.16. The molecular formula is C13H17Br3O. The molecular weight excluding hydrogens is 412 g/mol. The number of hydrogen-bond donors (Lipinski definition) is 0. The molecule has 4 heteroatoms. The van der Waals surface area contributed by atoms with Crippen LogP contribution in [0.1, 0.15) is 32.3 Å². The normalized spacial score (nSPS) is 10.9. The third-order valence-electron chi connectivity index (χ3n) is 2.83. The van der Waals surface area contributed by atoms with Crippen LogP contribution in [0.25, 0.3) is 0 Å². The number of hydrogen-bond acceptors (Lipinski definition) is 1. The molecule has 0 aliphatic heterocycles. The highest BCUT2D eigenvalue weighted by Gasteiger charge is 2.11. The number of ether oxygens (including phenoxy) is 1. The Hall–Kier alpha value is 0.460. The molecule has 0 N–H and O–H groups in total. The van der Waals surface area contributed by atoms with Crippen LogP contribution in [-0.4, -0.2) is 6.61 Å². The van der Waals surface area contributed by atoms with Gasteiger partial charge in [-0.1, -0.05) is 42.6 Å². The van der Waals surface area contributed by atoms with Gasteiger partial charge in [0.1, 0.15) is 5.75 Å². The number of alkyl halides is 1. The van der Waals surface area contributed by atoms with Crippen LogP contribution in [0.2, 0.25) is 0 Å². The summed E-state index contributed by atoms with van der Waals surface area (Å²) >= 11 is 10.6. The SMILES string of the molecule is CCC(CC)COc1c(Br)cc(CBr)cc1Br. The van der Waals surface area contributed by atoms with Crippen molar-refractivity contribution >= 4 is 47.8 Å². The molecule has 0 saturated heterocycles. The fraction of sp³-hybridized carbons (Fsp3) is 0.538. The van der Waals surface area contributed by atoms with Crippen LogP contribution in [0.3, 0.4) is 0 Å². The van der Waals surface area contributed by atoms with Crippen molar-refractivity contribution in [2.45, 2.75) is 32.0 Å². The predicted octanol–water partition coefficient (Wildman–Crippen LogP) is 5.92. The predicted molar refractivity (Wildman–Crippen MR) is 84.0 cm³/mol. The van der Waals surface area contributed by atoms with E-state index < -0.39 is 0 Å². The van der Waals surface area contributed by atoms with E-state index in [1.54, 1.807) is 0 Å². The van der Waals surface area contributed by atoms with Gasteiger partial charge in [-0.25, -0.2) is 0 Å². The zero-order valence-electron chi connectivity index (χ0n) is 10.1. The number of halogens is 3. The lowest BCUT2D eigenvalue weighted by molar-refractivity contribution is 0.238. The third-order valence-corrected chi connectivity index (χ3v) is 4.66. The van der Waals surface area contributed by atoms with Gasteiger partial charge in [-0.15, -0.1) is 0 Å². The maximum atomic E-state index is 5.90. The second kappa shape index (κ2) is 7.80. The minimum Gasteiger partial charge on any atom is -0.491 e. The van der Waals surface area contributed by atoms with E-state index in [-0.39, 0.29) is 0 Å². The summed E-state index contributed by atoms with van der Waals surface area (Å²) in [6, 6.07) is 4.17. The minimum absolute atomic E-state index is 0.629. The first-order valence-electron chi connectivity index (χ1n) is 5.79. The van der Waals surface area contributed by atoms with Crippen molar-refractivity contribution in [2.75, 3.05) is 6.61 Å². The molecule has 0 aromatic heterocycles. The van der Waals surface area contributed by atoms with Gasteiger partial charge in [0.15, 0.2) is 0 Å². The number of rotatable bonds is 6. The minimum atomic E-state index is 0.629. The molecule has 0 spiro atoms. The summed E-state index contributed by atoms with van der Waals surface area (Å²) in [6.45, 7) is 5.18. The molecule has 0 fully saturated rings. The summed E-state index contributed by atoms with van der Waals surface area (Å²) in [4.78, 5) is 0. The summed E-state index contributed by atoms with van der Waals surface area (Å²) in [5, 5.41) is 0.844. The van der Waals surface area contributed by atoms with Crippen LogP contribution in [-0.2, 0) is 5.33 Å². The average molecular weight is 429 g/mol. The standard InChI is InChI=1S/C13H17Br3O/c1-3-9(4-2)8-17-13-11(15)5-10(7-14)6-12(13)16/h5-6,9H,3-4,7-8H2,1-2H3. The Bertz CT molecular complexity index is 339. The van der Waals surface area contributed by atoms with Crippen LogP contribution in [0.4, 0.5) is 0 Å². The van der Waals surface area contributed by atoms with E-state index in [0.717, 1.165) is 39.5 Å². The Balaban J connectivity index is 2.77. The first kappa shape index (κ1) is 15.5. The fourth-order valence-electron chi connectivity index (χ4n) is 1.55. The van der Waals surface area contributed by atoms with Crippen LogP contribution < -0.4 is 4.74 Å². The highest BCUT2D eigenvalue weighted by molar-refractivity contribution is 9.11. The largest absolute Gasteiger partial charge is 0.491 e. The van der Waals surface area contributed by atoms with Crippen molar-refractivity contribution in [2.24, 2.45) is 5.92 Å². The quantitative estimate of drug-likeness (QED) is 0.511. The molecule has 0 saturated carbocycles. The molecule has 1 nitrogen and oxygen atoms in total. The van der Waals surface area contributed by atoms with Crippen molar-refractivity contribution in [3.05, 3.63) is 26.6 Å². The molecule has 0 radical (unpaired) electrons. The third kappa shape index (κ3) is 4.56. The van der Waals surface area contributed by atoms with Crippen molar-refractivity contribution in [3.63, 3.8) is 0 Å². The van der Waals surface area contributed by atoms with E-state index in [4.69, 9.17) is 4.74 Å². The van der Waals surface area contributed by atoms with Crippen LogP contribution in [0, 0.1) is 5.92 Å². The number of benzene rings is 1. The molecule has 0 atom stereocenters. The van der Waals surface area contributed by atoms with Crippen molar-refractivity contribution in [1.29, 1.82) is 0 Å². The van der Waals surface area contributed by atoms with E-state index in [2.05, 4.69) is 73.8 Å². The van der Waals surface area contributed by atoms with Gasteiger partial charge >= 0.3 is 0 Å². The molecule has 1 rings (SSSR count). The molecule has 17 heavy (non-hydrogen) atoms. The van der Waals surface area contributed by atoms with Gasteiger partial charge in [0.2, 0.25) is 0 Å². The van der Waals surface area contributed by atoms with Crippen molar-refractivity contribution < 1.29 is 4.74 Å². The van der Waals surface area contributed by atoms with Gasteiger partial charge in [-0.3, -0.25) is 0 Å². The Kier molecular flexibility index (Phi) is 7.12. The molecule has 0 heterocycles. The highest BCUT2D eigenvalue weighted by atomic mass is 79.9. The Morgan fingerprint density at radius 2 is 1.65 bits per heavy atom. The summed E-state index contributed by atoms with van der Waals surface area (Å²) in [6.07, 6.45) is 2.32. The monoisotopic (exact) mass is 426 g/mol. The molecule has 0 aliphatic rings. The summed E-state index contributed by atoms with van der Waals surface area (Å²) in [5.41, 5.74) is 1.22. The smallest absolute Gasteiger partial charge is 0.147 e. The summed E-state index contributed by atoms with van der Waals surface area (Å²) < 4.78 is 7.92. The summed E-state index contributed by atoms with van der Waals surface area (Å²) in [7, 11) is 0. The van der Waals surface area contributed by atoms with E-state index in [0.29, 0.717) is 5.92 Å². The van der Waals surface area contributed by atoms with Gasteiger partial charge in [-0.2, -0.15) is 0 Å². The van der Waals surface area contributed by atoms with Crippen LogP contribution in [0.15, 0.2) is 21.1 Å². The van der Waals surface area contributed by atoms with Gasteiger partial charge in [0.25, 0.3) is 0 Å². The van der Waals surface area contributed by atoms with Crippen molar-refractivity contribution in [1.82, 2.24) is 0 Å². The van der Waals surface area contributed by atoms with E-state index in [1.807, 2.05) is 0 Å². The maximum absolute atomic E-state index is 5.90. The van der Waals surface area contributed by atoms with Crippen molar-refractivity contribution in [3.8, 4) is 5.75 Å². The molecule has 0 amide bonds. The van der Waals surface area contributed by atoms with E-state index in [1.165, 1.54) is 5.56 Å². The topological polar surface area (TPSA) is 9.23 Å². The Morgan fingerprint density at radius 3 is 2.06 bits per heavy atom. The average Bonchev–Trinajstić information content (AvgIpc) is 2.32. The molecule has 1 aromatic rings. The molecule has 0 bridgehead atoms. The Morgan fingerprint density at radius 1 is 1.12 bits per heavy atom. The zero-order chi connectivity index (χ0) is 12.8. The summed E-state index contributed by atoms with van der Waals surface area (Å²) in [5.74, 6) is 1.53. The van der Waals surface area contributed by atoms with E-state index >= 15 is 0 Å². The second-order valence-electron chi connectivity index (χ2n) is 4.02. The lowest BCUT2D eigenvalue weighted by atomic mass is 10.1. The molecule has 1 aromatic carbocycles. The van der Waals surface area contributed by atoms with Gasteiger partial charge < -0.3 is 4.74 Å². The zero-order valence-corrected chi connectivity index (χ0v) is 14.9. The van der Waals surface area contributed by atoms with Crippen LogP contribution in [0.5, 0.6) is 5.75 Å². The molecule has 96 valence electrons.